The topological polar surface area (TPSA) is 85.3 Å². The Morgan fingerprint density at radius 1 is 0.927 bits per heavy atom. The van der Waals surface area contributed by atoms with Crippen molar-refractivity contribution in [2.24, 2.45) is 4.99 Å². The number of thioether (sulfide) groups is 1. The highest BCUT2D eigenvalue weighted by Crippen LogP contribution is 2.42. The standard InChI is InChI=1S/C29H19BrCl2N2O5S2/c1-38-25-16-18(15-24(30)27(25)39-41(36,37)23-5-3-2-4-6-23)17-26-28(35)34(22-13-9-20(32)10-14-22)29(40-26)33-21-11-7-19(31)8-12-21/h2-17H,1H3/b26-17-,33-29?. The van der Waals surface area contributed by atoms with Crippen molar-refractivity contribution in [3.8, 4) is 11.5 Å². The third-order valence-electron chi connectivity index (χ3n) is 5.72. The van der Waals surface area contributed by atoms with Crippen molar-refractivity contribution in [2.45, 2.75) is 4.90 Å². The highest BCUT2D eigenvalue weighted by Gasteiger charge is 2.35. The molecule has 41 heavy (non-hydrogen) atoms. The molecular formula is C29H19BrCl2N2O5S2. The number of ether oxygens (including phenoxy) is 1. The van der Waals surface area contributed by atoms with E-state index in [0.29, 0.717) is 41.5 Å². The molecule has 4 aromatic carbocycles. The monoisotopic (exact) mass is 688 g/mol. The summed E-state index contributed by atoms with van der Waals surface area (Å²) in [5, 5.41) is 1.54. The van der Waals surface area contributed by atoms with E-state index < -0.39 is 10.1 Å². The summed E-state index contributed by atoms with van der Waals surface area (Å²) in [6.07, 6.45) is 1.67. The van der Waals surface area contributed by atoms with Gasteiger partial charge in [0.25, 0.3) is 5.91 Å². The zero-order valence-electron chi connectivity index (χ0n) is 21.1. The molecule has 1 aliphatic heterocycles. The lowest BCUT2D eigenvalue weighted by Gasteiger charge is -2.15. The lowest BCUT2D eigenvalue weighted by molar-refractivity contribution is -0.113. The molecule has 0 saturated carbocycles. The largest absolute Gasteiger partial charge is 0.493 e. The molecule has 1 amide bonds. The van der Waals surface area contributed by atoms with Crippen LogP contribution in [0.3, 0.4) is 0 Å². The zero-order valence-corrected chi connectivity index (χ0v) is 25.9. The lowest BCUT2D eigenvalue weighted by atomic mass is 10.2. The quantitative estimate of drug-likeness (QED) is 0.143. The number of carbonyl (C=O) groups is 1. The molecule has 1 aliphatic rings. The van der Waals surface area contributed by atoms with Crippen LogP contribution < -0.4 is 13.8 Å². The van der Waals surface area contributed by atoms with Gasteiger partial charge in [0, 0.05) is 10.0 Å². The molecule has 0 radical (unpaired) electrons. The number of benzene rings is 4. The van der Waals surface area contributed by atoms with Gasteiger partial charge in [0.2, 0.25) is 0 Å². The van der Waals surface area contributed by atoms with Crippen LogP contribution in [0.5, 0.6) is 11.5 Å². The lowest BCUT2D eigenvalue weighted by Crippen LogP contribution is -2.28. The predicted octanol–water partition coefficient (Wildman–Crippen LogP) is 8.34. The number of halogens is 3. The maximum atomic E-state index is 13.7. The van der Waals surface area contributed by atoms with Gasteiger partial charge in [-0.2, -0.15) is 8.42 Å². The average molecular weight is 690 g/mol. The Hall–Kier alpha value is -3.28. The van der Waals surface area contributed by atoms with Crippen LogP contribution in [0.4, 0.5) is 11.4 Å². The maximum Gasteiger partial charge on any atom is 0.339 e. The van der Waals surface area contributed by atoms with Gasteiger partial charge in [-0.15, -0.1) is 0 Å². The van der Waals surface area contributed by atoms with Crippen LogP contribution in [0.2, 0.25) is 10.0 Å². The molecule has 0 atom stereocenters. The Kier molecular flexibility index (Phi) is 8.77. The molecule has 1 heterocycles. The zero-order chi connectivity index (χ0) is 29.1. The average Bonchev–Trinajstić information content (AvgIpc) is 3.26. The van der Waals surface area contributed by atoms with E-state index in [1.165, 1.54) is 35.9 Å². The van der Waals surface area contributed by atoms with Crippen LogP contribution in [-0.4, -0.2) is 26.6 Å². The first kappa shape index (κ1) is 29.2. The van der Waals surface area contributed by atoms with Crippen molar-refractivity contribution in [2.75, 3.05) is 12.0 Å². The number of anilines is 1. The van der Waals surface area contributed by atoms with Crippen molar-refractivity contribution < 1.29 is 22.1 Å². The van der Waals surface area contributed by atoms with E-state index >= 15 is 0 Å². The number of hydrogen-bond donors (Lipinski definition) is 0. The van der Waals surface area contributed by atoms with Crippen LogP contribution >= 0.6 is 50.9 Å². The minimum atomic E-state index is -4.12. The number of methoxy groups -OCH3 is 1. The molecular weight excluding hydrogens is 671 g/mol. The Morgan fingerprint density at radius 3 is 2.20 bits per heavy atom. The first-order valence-corrected chi connectivity index (χ1v) is 15.6. The fraction of sp³-hybridized carbons (Fsp3) is 0.0345. The van der Waals surface area contributed by atoms with Gasteiger partial charge < -0.3 is 8.92 Å². The molecule has 1 fully saturated rings. The van der Waals surface area contributed by atoms with E-state index in [9.17, 15) is 13.2 Å². The molecule has 0 unspecified atom stereocenters. The van der Waals surface area contributed by atoms with E-state index in [-0.39, 0.29) is 22.3 Å². The Balaban J connectivity index is 1.52. The second-order valence-electron chi connectivity index (χ2n) is 8.48. The molecule has 0 aromatic heterocycles. The number of amides is 1. The summed E-state index contributed by atoms with van der Waals surface area (Å²) in [4.78, 5) is 20.2. The Bertz CT molecular complexity index is 1780. The molecule has 4 aromatic rings. The molecule has 12 heteroatoms. The first-order chi connectivity index (χ1) is 19.6. The fourth-order valence-electron chi connectivity index (χ4n) is 3.79. The van der Waals surface area contributed by atoms with E-state index in [0.717, 1.165) is 0 Å². The van der Waals surface area contributed by atoms with Crippen molar-refractivity contribution >= 4 is 89.5 Å². The molecule has 0 spiro atoms. The third-order valence-corrected chi connectivity index (χ3v) is 9.01. The summed E-state index contributed by atoms with van der Waals surface area (Å²) < 4.78 is 36.9. The second kappa shape index (κ2) is 12.3. The Labute approximate surface area is 259 Å². The summed E-state index contributed by atoms with van der Waals surface area (Å²) in [5.74, 6) is -0.158. The van der Waals surface area contributed by atoms with Crippen molar-refractivity contribution in [3.63, 3.8) is 0 Å². The van der Waals surface area contributed by atoms with Gasteiger partial charge in [0.1, 0.15) is 4.90 Å². The van der Waals surface area contributed by atoms with Crippen LogP contribution in [0.15, 0.2) is 110 Å². The molecule has 0 aliphatic carbocycles. The number of hydrogen-bond acceptors (Lipinski definition) is 7. The summed E-state index contributed by atoms with van der Waals surface area (Å²) >= 11 is 16.7. The number of amidine groups is 1. The van der Waals surface area contributed by atoms with Crippen molar-refractivity contribution in [1.82, 2.24) is 0 Å². The van der Waals surface area contributed by atoms with Gasteiger partial charge in [-0.1, -0.05) is 41.4 Å². The van der Waals surface area contributed by atoms with Gasteiger partial charge in [0.05, 0.1) is 27.9 Å². The number of aliphatic imine (C=N–C) groups is 1. The van der Waals surface area contributed by atoms with Crippen LogP contribution in [0.1, 0.15) is 5.56 Å². The van der Waals surface area contributed by atoms with Crippen LogP contribution in [0.25, 0.3) is 6.08 Å². The molecule has 0 bridgehead atoms. The molecule has 5 rings (SSSR count). The minimum Gasteiger partial charge on any atom is -0.493 e. The molecule has 208 valence electrons. The smallest absolute Gasteiger partial charge is 0.339 e. The molecule has 0 N–H and O–H groups in total. The van der Waals surface area contributed by atoms with E-state index in [1.807, 2.05) is 0 Å². The normalized spacial score (nSPS) is 15.5. The first-order valence-electron chi connectivity index (χ1n) is 11.9. The summed E-state index contributed by atoms with van der Waals surface area (Å²) in [7, 11) is -2.72. The van der Waals surface area contributed by atoms with Crippen LogP contribution in [-0.2, 0) is 14.9 Å². The van der Waals surface area contributed by atoms with Crippen molar-refractivity contribution in [3.05, 3.63) is 116 Å². The van der Waals surface area contributed by atoms with Crippen LogP contribution in [0, 0.1) is 0 Å². The van der Waals surface area contributed by atoms with Gasteiger partial charge in [0.15, 0.2) is 16.7 Å². The summed E-state index contributed by atoms with van der Waals surface area (Å²) in [6.45, 7) is 0. The summed E-state index contributed by atoms with van der Waals surface area (Å²) in [6, 6.07) is 24.8. The third kappa shape index (κ3) is 6.63. The minimum absolute atomic E-state index is 0.00268. The number of rotatable bonds is 7. The van der Waals surface area contributed by atoms with Gasteiger partial charge in [-0.05, 0) is 112 Å². The second-order valence-corrected chi connectivity index (χ2v) is 12.8. The SMILES string of the molecule is COc1cc(/C=C2\SC(=Nc3ccc(Cl)cc3)N(c3ccc(Cl)cc3)C2=O)cc(Br)c1OS(=O)(=O)c1ccccc1. The highest BCUT2D eigenvalue weighted by molar-refractivity contribution is 9.10. The van der Waals surface area contributed by atoms with E-state index in [4.69, 9.17) is 32.1 Å². The van der Waals surface area contributed by atoms with Gasteiger partial charge in [-0.25, -0.2) is 4.99 Å². The maximum absolute atomic E-state index is 13.7. The van der Waals surface area contributed by atoms with Gasteiger partial charge in [-0.3, -0.25) is 9.69 Å². The number of carbonyl (C=O) groups excluding carboxylic acids is 1. The highest BCUT2D eigenvalue weighted by atomic mass is 79.9. The Morgan fingerprint density at radius 2 is 1.56 bits per heavy atom. The molecule has 1 saturated heterocycles. The van der Waals surface area contributed by atoms with E-state index in [2.05, 4.69) is 20.9 Å². The number of nitrogens with zero attached hydrogens (tertiary/aromatic N) is 2. The van der Waals surface area contributed by atoms with E-state index in [1.54, 1.807) is 84.9 Å². The predicted molar refractivity (Wildman–Crippen MR) is 168 cm³/mol. The van der Waals surface area contributed by atoms with Crippen molar-refractivity contribution in [1.29, 1.82) is 0 Å². The summed E-state index contributed by atoms with van der Waals surface area (Å²) in [5.41, 5.74) is 1.78. The fourth-order valence-corrected chi connectivity index (χ4v) is 6.67. The molecule has 7 nitrogen and oxygen atoms in total. The van der Waals surface area contributed by atoms with Gasteiger partial charge >= 0.3 is 10.1 Å².